The van der Waals surface area contributed by atoms with Crippen molar-refractivity contribution in [3.8, 4) is 0 Å². The zero-order chi connectivity index (χ0) is 13.4. The van der Waals surface area contributed by atoms with Crippen LogP contribution < -0.4 is 5.32 Å². The molecule has 0 aromatic carbocycles. The van der Waals surface area contributed by atoms with Crippen molar-refractivity contribution in [3.63, 3.8) is 0 Å². The van der Waals surface area contributed by atoms with Gasteiger partial charge in [-0.15, -0.1) is 0 Å². The average Bonchev–Trinajstić information content (AvgIpc) is 2.35. The molecule has 0 aliphatic carbocycles. The first-order valence-electron chi connectivity index (χ1n) is 6.41. The number of carbonyl (C=O) groups is 1. The van der Waals surface area contributed by atoms with Crippen molar-refractivity contribution in [2.24, 2.45) is 0 Å². The molecule has 1 atom stereocenters. The topological polar surface area (TPSA) is 45.2 Å². The van der Waals surface area contributed by atoms with Crippen molar-refractivity contribution in [2.75, 3.05) is 27.2 Å². The number of nitrogens with one attached hydrogen (secondary N) is 1. The van der Waals surface area contributed by atoms with Gasteiger partial charge >= 0.3 is 0 Å². The van der Waals surface area contributed by atoms with E-state index in [-0.39, 0.29) is 11.8 Å². The molecule has 1 aromatic rings. The van der Waals surface area contributed by atoms with Crippen LogP contribution in [0.5, 0.6) is 0 Å². The largest absolute Gasteiger partial charge is 0.356 e. The lowest BCUT2D eigenvalue weighted by atomic mass is 9.99. The predicted molar refractivity (Wildman–Crippen MR) is 73.4 cm³/mol. The zero-order valence-electron chi connectivity index (χ0n) is 11.5. The summed E-state index contributed by atoms with van der Waals surface area (Å²) >= 11 is 0. The summed E-state index contributed by atoms with van der Waals surface area (Å²) in [6.45, 7) is 3.80. The number of pyridine rings is 1. The predicted octanol–water partition coefficient (Wildman–Crippen LogP) is 1.64. The zero-order valence-corrected chi connectivity index (χ0v) is 11.5. The molecule has 1 heterocycles. The van der Waals surface area contributed by atoms with Crippen molar-refractivity contribution in [3.05, 3.63) is 30.1 Å². The van der Waals surface area contributed by atoms with Crippen LogP contribution in [0.15, 0.2) is 24.5 Å². The molecule has 1 N–H and O–H groups in total. The number of amides is 1. The molecular weight excluding hydrogens is 226 g/mol. The normalized spacial score (nSPS) is 12.4. The highest BCUT2D eigenvalue weighted by Gasteiger charge is 2.10. The van der Waals surface area contributed by atoms with Gasteiger partial charge in [-0.05, 0) is 44.6 Å². The first-order valence-corrected chi connectivity index (χ1v) is 6.41. The van der Waals surface area contributed by atoms with Crippen LogP contribution in [-0.4, -0.2) is 43.0 Å². The highest BCUT2D eigenvalue weighted by Crippen LogP contribution is 2.16. The minimum Gasteiger partial charge on any atom is -0.356 e. The van der Waals surface area contributed by atoms with E-state index in [1.54, 1.807) is 6.20 Å². The van der Waals surface area contributed by atoms with E-state index in [1.807, 2.05) is 32.4 Å². The fourth-order valence-electron chi connectivity index (χ4n) is 1.76. The molecule has 0 radical (unpaired) electrons. The van der Waals surface area contributed by atoms with E-state index in [1.165, 1.54) is 0 Å². The number of nitrogens with zero attached hydrogens (tertiary/aromatic N) is 2. The SMILES string of the molecule is CC(CC(=O)NCCCN(C)C)c1cccnc1. The molecule has 1 aromatic heterocycles. The Labute approximate surface area is 109 Å². The molecule has 18 heavy (non-hydrogen) atoms. The van der Waals surface area contributed by atoms with Gasteiger partial charge in [-0.1, -0.05) is 13.0 Å². The Morgan fingerprint density at radius 1 is 1.50 bits per heavy atom. The van der Waals surface area contributed by atoms with Gasteiger partial charge in [-0.25, -0.2) is 0 Å². The number of hydrogen-bond donors (Lipinski definition) is 1. The van der Waals surface area contributed by atoms with Crippen LogP contribution in [0.4, 0.5) is 0 Å². The van der Waals surface area contributed by atoms with Gasteiger partial charge in [0.05, 0.1) is 0 Å². The van der Waals surface area contributed by atoms with E-state index < -0.39 is 0 Å². The Kier molecular flexibility index (Phi) is 6.36. The van der Waals surface area contributed by atoms with Gasteiger partial charge in [-0.3, -0.25) is 9.78 Å². The van der Waals surface area contributed by atoms with E-state index in [0.717, 1.165) is 25.1 Å². The van der Waals surface area contributed by atoms with Gasteiger partial charge < -0.3 is 10.2 Å². The van der Waals surface area contributed by atoms with Crippen molar-refractivity contribution in [1.82, 2.24) is 15.2 Å². The Balaban J connectivity index is 2.24. The molecule has 0 saturated carbocycles. The van der Waals surface area contributed by atoms with Gasteiger partial charge in [0, 0.05) is 25.4 Å². The lowest BCUT2D eigenvalue weighted by Gasteiger charge is -2.12. The van der Waals surface area contributed by atoms with Crippen LogP contribution in [0.1, 0.15) is 31.2 Å². The lowest BCUT2D eigenvalue weighted by Crippen LogP contribution is -2.27. The second kappa shape index (κ2) is 7.82. The third-order valence-electron chi connectivity index (χ3n) is 2.85. The van der Waals surface area contributed by atoms with Crippen molar-refractivity contribution in [2.45, 2.75) is 25.7 Å². The number of carbonyl (C=O) groups excluding carboxylic acids is 1. The van der Waals surface area contributed by atoms with Crippen LogP contribution in [0, 0.1) is 0 Å². The molecule has 0 spiro atoms. The molecular formula is C14H23N3O. The van der Waals surface area contributed by atoms with E-state index in [2.05, 4.69) is 22.1 Å². The summed E-state index contributed by atoms with van der Waals surface area (Å²) < 4.78 is 0. The first-order chi connectivity index (χ1) is 8.59. The molecule has 1 amide bonds. The van der Waals surface area contributed by atoms with Crippen LogP contribution in [-0.2, 0) is 4.79 Å². The quantitative estimate of drug-likeness (QED) is 0.747. The van der Waals surface area contributed by atoms with Gasteiger partial charge in [0.1, 0.15) is 0 Å². The molecule has 0 saturated heterocycles. The summed E-state index contributed by atoms with van der Waals surface area (Å²) in [5.41, 5.74) is 1.11. The Bertz CT molecular complexity index is 351. The van der Waals surface area contributed by atoms with Gasteiger partial charge in [0.15, 0.2) is 0 Å². The van der Waals surface area contributed by atoms with Gasteiger partial charge in [0.2, 0.25) is 5.91 Å². The standard InChI is InChI=1S/C14H23N3O/c1-12(13-6-4-7-15-11-13)10-14(18)16-8-5-9-17(2)3/h4,6-7,11-12H,5,8-10H2,1-3H3,(H,16,18). The maximum absolute atomic E-state index is 11.7. The summed E-state index contributed by atoms with van der Waals surface area (Å²) in [6, 6.07) is 3.91. The molecule has 1 unspecified atom stereocenters. The van der Waals surface area contributed by atoms with E-state index in [0.29, 0.717) is 6.42 Å². The van der Waals surface area contributed by atoms with Crippen molar-refractivity contribution in [1.29, 1.82) is 0 Å². The second-order valence-corrected chi connectivity index (χ2v) is 4.90. The van der Waals surface area contributed by atoms with Crippen molar-refractivity contribution >= 4 is 5.91 Å². The monoisotopic (exact) mass is 249 g/mol. The van der Waals surface area contributed by atoms with Crippen LogP contribution >= 0.6 is 0 Å². The summed E-state index contributed by atoms with van der Waals surface area (Å²) in [4.78, 5) is 17.9. The molecule has 0 bridgehead atoms. The van der Waals surface area contributed by atoms with Gasteiger partial charge in [0.25, 0.3) is 0 Å². The summed E-state index contributed by atoms with van der Waals surface area (Å²) in [5, 5.41) is 2.95. The van der Waals surface area contributed by atoms with E-state index in [9.17, 15) is 4.79 Å². The molecule has 0 aliphatic rings. The molecule has 100 valence electrons. The molecule has 4 nitrogen and oxygen atoms in total. The lowest BCUT2D eigenvalue weighted by molar-refractivity contribution is -0.121. The maximum atomic E-state index is 11.7. The van der Waals surface area contributed by atoms with Gasteiger partial charge in [-0.2, -0.15) is 0 Å². The number of rotatable bonds is 7. The van der Waals surface area contributed by atoms with Crippen molar-refractivity contribution < 1.29 is 4.79 Å². The van der Waals surface area contributed by atoms with Crippen LogP contribution in [0.3, 0.4) is 0 Å². The fourth-order valence-corrected chi connectivity index (χ4v) is 1.76. The smallest absolute Gasteiger partial charge is 0.220 e. The minimum atomic E-state index is 0.116. The Morgan fingerprint density at radius 2 is 2.28 bits per heavy atom. The molecule has 0 fully saturated rings. The van der Waals surface area contributed by atoms with E-state index in [4.69, 9.17) is 0 Å². The number of aromatic nitrogens is 1. The summed E-state index contributed by atoms with van der Waals surface area (Å²) in [7, 11) is 4.07. The second-order valence-electron chi connectivity index (χ2n) is 4.90. The maximum Gasteiger partial charge on any atom is 0.220 e. The van der Waals surface area contributed by atoms with Crippen LogP contribution in [0.25, 0.3) is 0 Å². The Hall–Kier alpha value is -1.42. The first kappa shape index (κ1) is 14.6. The third kappa shape index (κ3) is 5.77. The fraction of sp³-hybridized carbons (Fsp3) is 0.571. The van der Waals surface area contributed by atoms with Crippen LogP contribution in [0.2, 0.25) is 0 Å². The molecule has 0 aliphatic heterocycles. The summed E-state index contributed by atoms with van der Waals surface area (Å²) in [6.07, 6.45) is 5.08. The average molecular weight is 249 g/mol. The van der Waals surface area contributed by atoms with E-state index >= 15 is 0 Å². The summed E-state index contributed by atoms with van der Waals surface area (Å²) in [5.74, 6) is 0.331. The molecule has 1 rings (SSSR count). The third-order valence-corrected chi connectivity index (χ3v) is 2.85. The Morgan fingerprint density at radius 3 is 2.89 bits per heavy atom. The minimum absolute atomic E-state index is 0.116. The number of hydrogen-bond acceptors (Lipinski definition) is 3. The highest BCUT2D eigenvalue weighted by molar-refractivity contribution is 5.76. The molecule has 4 heteroatoms. The highest BCUT2D eigenvalue weighted by atomic mass is 16.1.